The molecule has 2 aromatic rings. The number of phenolic OH excluding ortho intramolecular Hbond substituents is 1. The molecule has 1 saturated heterocycles. The van der Waals surface area contributed by atoms with Crippen LogP contribution in [0.2, 0.25) is 0 Å². The number of amides is 1. The van der Waals surface area contributed by atoms with Crippen LogP contribution in [-0.2, 0) is 17.8 Å². The predicted octanol–water partition coefficient (Wildman–Crippen LogP) is 1.97. The van der Waals surface area contributed by atoms with E-state index in [1.54, 1.807) is 12.1 Å². The van der Waals surface area contributed by atoms with Gasteiger partial charge < -0.3 is 14.5 Å². The summed E-state index contributed by atoms with van der Waals surface area (Å²) in [6, 6.07) is 9.13. The summed E-state index contributed by atoms with van der Waals surface area (Å²) in [5, 5.41) is 13.7. The lowest BCUT2D eigenvalue weighted by atomic mass is 10.1. The Bertz CT molecular complexity index is 690. The molecule has 0 saturated carbocycles. The van der Waals surface area contributed by atoms with Crippen LogP contribution in [0.25, 0.3) is 0 Å². The molecule has 2 heterocycles. The van der Waals surface area contributed by atoms with Crippen LogP contribution in [0.15, 0.2) is 34.9 Å². The second-order valence-corrected chi connectivity index (χ2v) is 6.22. The van der Waals surface area contributed by atoms with Gasteiger partial charge >= 0.3 is 0 Å². The van der Waals surface area contributed by atoms with Crippen LogP contribution in [0.1, 0.15) is 23.4 Å². The number of benzene rings is 1. The van der Waals surface area contributed by atoms with E-state index in [1.165, 1.54) is 0 Å². The summed E-state index contributed by atoms with van der Waals surface area (Å²) in [5.74, 6) is 1.28. The number of carbonyl (C=O) groups excluding carboxylic acids is 1. The number of hydrogen-bond donors (Lipinski definition) is 1. The topological polar surface area (TPSA) is 69.8 Å². The number of aromatic hydroxyl groups is 1. The Morgan fingerprint density at radius 2 is 2.00 bits per heavy atom. The lowest BCUT2D eigenvalue weighted by Gasteiger charge is -2.34. The third-order valence-electron chi connectivity index (χ3n) is 4.38. The average molecular weight is 329 g/mol. The Hall–Kier alpha value is -2.34. The van der Waals surface area contributed by atoms with Gasteiger partial charge in [0.2, 0.25) is 5.91 Å². The molecule has 0 aliphatic carbocycles. The molecule has 3 rings (SSSR count). The minimum atomic E-state index is 0.147. The van der Waals surface area contributed by atoms with Gasteiger partial charge in [-0.3, -0.25) is 9.69 Å². The molecule has 1 aromatic heterocycles. The summed E-state index contributed by atoms with van der Waals surface area (Å²) in [6.07, 6.45) is 1.00. The van der Waals surface area contributed by atoms with E-state index in [4.69, 9.17) is 4.52 Å². The van der Waals surface area contributed by atoms with Gasteiger partial charge in [0.25, 0.3) is 0 Å². The molecule has 128 valence electrons. The van der Waals surface area contributed by atoms with Crippen molar-refractivity contribution >= 4 is 5.91 Å². The summed E-state index contributed by atoms with van der Waals surface area (Å²) in [6.45, 7) is 5.78. The molecular formula is C18H23N3O3. The van der Waals surface area contributed by atoms with Gasteiger partial charge in [0, 0.05) is 38.7 Å². The molecule has 0 spiro atoms. The second kappa shape index (κ2) is 7.49. The van der Waals surface area contributed by atoms with Crippen molar-refractivity contribution in [1.29, 1.82) is 0 Å². The number of piperazine rings is 1. The number of carbonyl (C=O) groups is 1. The molecule has 6 nitrogen and oxygen atoms in total. The van der Waals surface area contributed by atoms with Crippen molar-refractivity contribution in [2.45, 2.75) is 26.3 Å². The maximum atomic E-state index is 12.3. The largest absolute Gasteiger partial charge is 0.508 e. The SMILES string of the molecule is Cc1cc(CN2CCN(C(=O)CCc3ccccc3O)CC2)on1. The predicted molar refractivity (Wildman–Crippen MR) is 89.5 cm³/mol. The van der Waals surface area contributed by atoms with Crippen LogP contribution < -0.4 is 0 Å². The highest BCUT2D eigenvalue weighted by Crippen LogP contribution is 2.18. The number of hydrogen-bond acceptors (Lipinski definition) is 5. The van der Waals surface area contributed by atoms with Crippen LogP contribution in [-0.4, -0.2) is 52.1 Å². The van der Waals surface area contributed by atoms with E-state index in [0.717, 1.165) is 49.7 Å². The number of aryl methyl sites for hydroxylation is 2. The Morgan fingerprint density at radius 3 is 2.67 bits per heavy atom. The molecule has 0 atom stereocenters. The average Bonchev–Trinajstić information content (AvgIpc) is 2.99. The van der Waals surface area contributed by atoms with E-state index in [9.17, 15) is 9.90 Å². The highest BCUT2D eigenvalue weighted by molar-refractivity contribution is 5.76. The third-order valence-corrected chi connectivity index (χ3v) is 4.38. The van der Waals surface area contributed by atoms with Crippen LogP contribution in [0, 0.1) is 6.92 Å². The van der Waals surface area contributed by atoms with Crippen LogP contribution >= 0.6 is 0 Å². The highest BCUT2D eigenvalue weighted by Gasteiger charge is 2.21. The zero-order chi connectivity index (χ0) is 16.9. The van der Waals surface area contributed by atoms with Crippen LogP contribution in [0.4, 0.5) is 0 Å². The molecule has 0 bridgehead atoms. The molecule has 1 amide bonds. The number of phenols is 1. The molecule has 0 radical (unpaired) electrons. The highest BCUT2D eigenvalue weighted by atomic mass is 16.5. The van der Waals surface area contributed by atoms with Crippen LogP contribution in [0.5, 0.6) is 5.75 Å². The van der Waals surface area contributed by atoms with Gasteiger partial charge in [-0.05, 0) is 25.0 Å². The molecule has 6 heteroatoms. The maximum absolute atomic E-state index is 12.3. The Kier molecular flexibility index (Phi) is 5.15. The maximum Gasteiger partial charge on any atom is 0.222 e. The normalized spacial score (nSPS) is 15.6. The minimum Gasteiger partial charge on any atom is -0.508 e. The smallest absolute Gasteiger partial charge is 0.222 e. The van der Waals surface area contributed by atoms with Crippen molar-refractivity contribution in [2.24, 2.45) is 0 Å². The molecule has 1 aliphatic heterocycles. The number of para-hydroxylation sites is 1. The fourth-order valence-electron chi connectivity index (χ4n) is 2.99. The molecule has 1 N–H and O–H groups in total. The zero-order valence-corrected chi connectivity index (χ0v) is 13.9. The van der Waals surface area contributed by atoms with Gasteiger partial charge in [-0.2, -0.15) is 0 Å². The Morgan fingerprint density at radius 1 is 1.25 bits per heavy atom. The van der Waals surface area contributed by atoms with Gasteiger partial charge in [0.15, 0.2) is 5.76 Å². The zero-order valence-electron chi connectivity index (χ0n) is 13.9. The summed E-state index contributed by atoms with van der Waals surface area (Å²) in [7, 11) is 0. The lowest BCUT2D eigenvalue weighted by molar-refractivity contribution is -0.133. The van der Waals surface area contributed by atoms with Crippen molar-refractivity contribution in [3.8, 4) is 5.75 Å². The van der Waals surface area contributed by atoms with E-state index in [-0.39, 0.29) is 11.7 Å². The third kappa shape index (κ3) is 4.14. The molecule has 1 aliphatic rings. The minimum absolute atomic E-state index is 0.147. The summed E-state index contributed by atoms with van der Waals surface area (Å²) >= 11 is 0. The summed E-state index contributed by atoms with van der Waals surface area (Å²) in [4.78, 5) is 16.5. The van der Waals surface area contributed by atoms with Gasteiger partial charge in [0.05, 0.1) is 12.2 Å². The standard InChI is InChI=1S/C18H23N3O3/c1-14-12-16(24-19-14)13-20-8-10-21(11-9-20)18(23)7-6-15-4-2-3-5-17(15)22/h2-5,12,22H,6-11,13H2,1H3. The first-order valence-electron chi connectivity index (χ1n) is 8.31. The van der Waals surface area contributed by atoms with E-state index >= 15 is 0 Å². The van der Waals surface area contributed by atoms with E-state index < -0.39 is 0 Å². The Balaban J connectivity index is 1.44. The van der Waals surface area contributed by atoms with Crippen molar-refractivity contribution in [2.75, 3.05) is 26.2 Å². The van der Waals surface area contributed by atoms with Gasteiger partial charge in [-0.15, -0.1) is 0 Å². The first-order chi connectivity index (χ1) is 11.6. The molecular weight excluding hydrogens is 306 g/mol. The molecule has 1 fully saturated rings. The molecule has 24 heavy (non-hydrogen) atoms. The van der Waals surface area contributed by atoms with E-state index in [0.29, 0.717) is 12.8 Å². The first kappa shape index (κ1) is 16.5. The van der Waals surface area contributed by atoms with E-state index in [1.807, 2.05) is 30.0 Å². The van der Waals surface area contributed by atoms with Crippen molar-refractivity contribution in [1.82, 2.24) is 15.0 Å². The first-order valence-corrected chi connectivity index (χ1v) is 8.31. The van der Waals surface area contributed by atoms with Crippen molar-refractivity contribution in [3.05, 3.63) is 47.3 Å². The molecule has 1 aromatic carbocycles. The monoisotopic (exact) mass is 329 g/mol. The summed E-state index contributed by atoms with van der Waals surface area (Å²) < 4.78 is 5.24. The quantitative estimate of drug-likeness (QED) is 0.908. The van der Waals surface area contributed by atoms with Gasteiger partial charge in [-0.25, -0.2) is 0 Å². The summed E-state index contributed by atoms with van der Waals surface area (Å²) in [5.41, 5.74) is 1.72. The fraction of sp³-hybridized carbons (Fsp3) is 0.444. The van der Waals surface area contributed by atoms with Crippen molar-refractivity contribution < 1.29 is 14.4 Å². The Labute approximate surface area is 141 Å². The van der Waals surface area contributed by atoms with Crippen LogP contribution in [0.3, 0.4) is 0 Å². The van der Waals surface area contributed by atoms with Crippen molar-refractivity contribution in [3.63, 3.8) is 0 Å². The van der Waals surface area contributed by atoms with E-state index in [2.05, 4.69) is 10.1 Å². The fourth-order valence-corrected chi connectivity index (χ4v) is 2.99. The second-order valence-electron chi connectivity index (χ2n) is 6.22. The molecule has 0 unspecified atom stereocenters. The van der Waals surface area contributed by atoms with Gasteiger partial charge in [-0.1, -0.05) is 23.4 Å². The number of nitrogens with zero attached hydrogens (tertiary/aromatic N) is 3. The van der Waals surface area contributed by atoms with Gasteiger partial charge in [0.1, 0.15) is 5.75 Å². The number of aromatic nitrogens is 1. The number of rotatable bonds is 5. The lowest BCUT2D eigenvalue weighted by Crippen LogP contribution is -2.48.